The smallest absolute Gasteiger partial charge is 0.257 e. The molecule has 0 unspecified atom stereocenters. The summed E-state index contributed by atoms with van der Waals surface area (Å²) in [6.45, 7) is 3.82. The Morgan fingerprint density at radius 3 is 2.09 bits per heavy atom. The second kappa shape index (κ2) is 6.28. The van der Waals surface area contributed by atoms with Gasteiger partial charge in [-0.3, -0.25) is 9.59 Å². The fourth-order valence-electron chi connectivity index (χ4n) is 2.95. The van der Waals surface area contributed by atoms with E-state index in [0.717, 1.165) is 10.8 Å². The van der Waals surface area contributed by atoms with Crippen molar-refractivity contribution in [1.82, 2.24) is 9.80 Å². The third kappa shape index (κ3) is 2.99. The van der Waals surface area contributed by atoms with Gasteiger partial charge in [0.25, 0.3) is 5.91 Å². The van der Waals surface area contributed by atoms with E-state index in [9.17, 15) is 9.59 Å². The van der Waals surface area contributed by atoms with E-state index in [-0.39, 0.29) is 11.8 Å². The van der Waals surface area contributed by atoms with Crippen molar-refractivity contribution in [2.75, 3.05) is 33.3 Å². The van der Waals surface area contributed by atoms with Crippen molar-refractivity contribution in [3.63, 3.8) is 0 Å². The fourth-order valence-corrected chi connectivity index (χ4v) is 2.95. The molecule has 0 bridgehead atoms. The Labute approximate surface area is 135 Å². The van der Waals surface area contributed by atoms with Gasteiger partial charge in [0.1, 0.15) is 5.75 Å². The van der Waals surface area contributed by atoms with Gasteiger partial charge in [0.15, 0.2) is 0 Å². The van der Waals surface area contributed by atoms with E-state index in [1.807, 2.05) is 36.4 Å². The summed E-state index contributed by atoms with van der Waals surface area (Å²) in [7, 11) is 1.58. The van der Waals surface area contributed by atoms with Crippen LogP contribution in [-0.2, 0) is 4.79 Å². The monoisotopic (exact) mass is 312 g/mol. The summed E-state index contributed by atoms with van der Waals surface area (Å²) in [5.41, 5.74) is 0.572. The number of carbonyl (C=O) groups excluding carboxylic acids is 2. The number of carbonyl (C=O) groups is 2. The first-order valence-electron chi connectivity index (χ1n) is 7.71. The van der Waals surface area contributed by atoms with Crippen molar-refractivity contribution in [3.05, 3.63) is 42.0 Å². The van der Waals surface area contributed by atoms with Crippen LogP contribution in [0, 0.1) is 0 Å². The first-order valence-corrected chi connectivity index (χ1v) is 7.71. The lowest BCUT2D eigenvalue weighted by Crippen LogP contribution is -2.50. The molecule has 0 N–H and O–H groups in total. The van der Waals surface area contributed by atoms with Crippen LogP contribution in [0.25, 0.3) is 10.8 Å². The predicted molar refractivity (Wildman–Crippen MR) is 88.7 cm³/mol. The molecule has 23 heavy (non-hydrogen) atoms. The van der Waals surface area contributed by atoms with E-state index >= 15 is 0 Å². The molecular weight excluding hydrogens is 292 g/mol. The maximum absolute atomic E-state index is 12.8. The molecule has 0 aliphatic carbocycles. The number of ether oxygens (including phenoxy) is 1. The topological polar surface area (TPSA) is 49.9 Å². The van der Waals surface area contributed by atoms with E-state index in [1.54, 1.807) is 23.8 Å². The number of hydrogen-bond donors (Lipinski definition) is 0. The Bertz CT molecular complexity index is 749. The van der Waals surface area contributed by atoms with Crippen LogP contribution in [0.4, 0.5) is 0 Å². The van der Waals surface area contributed by atoms with Gasteiger partial charge in [-0.1, -0.05) is 24.3 Å². The Morgan fingerprint density at radius 1 is 0.957 bits per heavy atom. The number of piperazine rings is 1. The molecule has 0 radical (unpaired) electrons. The summed E-state index contributed by atoms with van der Waals surface area (Å²) in [4.78, 5) is 27.8. The summed E-state index contributed by atoms with van der Waals surface area (Å²) in [5.74, 6) is 0.596. The zero-order chi connectivity index (χ0) is 16.4. The molecule has 1 aliphatic heterocycles. The van der Waals surface area contributed by atoms with Crippen molar-refractivity contribution in [3.8, 4) is 5.75 Å². The number of methoxy groups -OCH3 is 1. The van der Waals surface area contributed by atoms with Crippen molar-refractivity contribution in [2.24, 2.45) is 0 Å². The van der Waals surface area contributed by atoms with Crippen molar-refractivity contribution < 1.29 is 14.3 Å². The third-order valence-electron chi connectivity index (χ3n) is 4.31. The number of benzene rings is 2. The Hall–Kier alpha value is -2.56. The SMILES string of the molecule is COc1cc2ccccc2cc1C(=O)N1CCN(C(C)=O)CC1. The fraction of sp³-hybridized carbons (Fsp3) is 0.333. The summed E-state index contributed by atoms with van der Waals surface area (Å²) in [5, 5.41) is 2.06. The quantitative estimate of drug-likeness (QED) is 0.854. The molecule has 0 saturated carbocycles. The molecule has 2 aromatic rings. The lowest BCUT2D eigenvalue weighted by atomic mass is 10.0. The van der Waals surface area contributed by atoms with Gasteiger partial charge >= 0.3 is 0 Å². The van der Waals surface area contributed by atoms with Gasteiger partial charge < -0.3 is 14.5 Å². The van der Waals surface area contributed by atoms with Crippen LogP contribution in [0.5, 0.6) is 5.75 Å². The lowest BCUT2D eigenvalue weighted by Gasteiger charge is -2.34. The highest BCUT2D eigenvalue weighted by Gasteiger charge is 2.25. The Kier molecular flexibility index (Phi) is 4.19. The number of rotatable bonds is 2. The molecule has 1 aliphatic rings. The van der Waals surface area contributed by atoms with E-state index in [2.05, 4.69) is 0 Å². The van der Waals surface area contributed by atoms with E-state index in [1.165, 1.54) is 0 Å². The summed E-state index contributed by atoms with van der Waals surface area (Å²) < 4.78 is 5.41. The highest BCUT2D eigenvalue weighted by Crippen LogP contribution is 2.27. The van der Waals surface area contributed by atoms with E-state index in [0.29, 0.717) is 37.5 Å². The minimum absolute atomic E-state index is 0.0456. The molecule has 1 heterocycles. The molecule has 120 valence electrons. The standard InChI is InChI=1S/C18H20N2O3/c1-13(21)19-7-9-20(10-8-19)18(22)16-11-14-5-3-4-6-15(14)12-17(16)23-2/h3-6,11-12H,7-10H2,1-2H3. The van der Waals surface area contributed by atoms with Crippen LogP contribution in [0.3, 0.4) is 0 Å². The highest BCUT2D eigenvalue weighted by atomic mass is 16.5. The van der Waals surface area contributed by atoms with Crippen LogP contribution in [0.2, 0.25) is 0 Å². The predicted octanol–water partition coefficient (Wildman–Crippen LogP) is 2.15. The minimum Gasteiger partial charge on any atom is -0.496 e. The van der Waals surface area contributed by atoms with E-state index in [4.69, 9.17) is 4.74 Å². The first-order chi connectivity index (χ1) is 11.1. The summed E-state index contributed by atoms with van der Waals surface area (Å²) in [6, 6.07) is 11.7. The number of nitrogens with zero attached hydrogens (tertiary/aromatic N) is 2. The molecule has 0 spiro atoms. The van der Waals surface area contributed by atoms with Crippen molar-refractivity contribution in [1.29, 1.82) is 0 Å². The van der Waals surface area contributed by atoms with Crippen LogP contribution in [-0.4, -0.2) is 54.9 Å². The maximum Gasteiger partial charge on any atom is 0.257 e. The average Bonchev–Trinajstić information content (AvgIpc) is 2.60. The van der Waals surface area contributed by atoms with E-state index < -0.39 is 0 Å². The normalized spacial score (nSPS) is 14.9. The molecular formula is C18H20N2O3. The summed E-state index contributed by atoms with van der Waals surface area (Å²) >= 11 is 0. The second-order valence-corrected chi connectivity index (χ2v) is 5.70. The van der Waals surface area contributed by atoms with Crippen LogP contribution < -0.4 is 4.74 Å². The van der Waals surface area contributed by atoms with Crippen LogP contribution in [0.1, 0.15) is 17.3 Å². The van der Waals surface area contributed by atoms with Crippen molar-refractivity contribution >= 4 is 22.6 Å². The molecule has 0 aromatic heterocycles. The molecule has 0 atom stereocenters. The van der Waals surface area contributed by atoms with Gasteiger partial charge in [0.05, 0.1) is 12.7 Å². The maximum atomic E-state index is 12.8. The summed E-state index contributed by atoms with van der Waals surface area (Å²) in [6.07, 6.45) is 0. The largest absolute Gasteiger partial charge is 0.496 e. The molecule has 1 saturated heterocycles. The highest BCUT2D eigenvalue weighted by molar-refractivity contribution is 6.01. The Morgan fingerprint density at radius 2 is 1.52 bits per heavy atom. The average molecular weight is 312 g/mol. The second-order valence-electron chi connectivity index (χ2n) is 5.70. The van der Waals surface area contributed by atoms with Gasteiger partial charge in [-0.2, -0.15) is 0 Å². The number of fused-ring (bicyclic) bond motifs is 1. The van der Waals surface area contributed by atoms with Gasteiger partial charge in [-0.05, 0) is 22.9 Å². The zero-order valence-corrected chi connectivity index (χ0v) is 13.4. The molecule has 2 amide bonds. The van der Waals surface area contributed by atoms with Gasteiger partial charge in [0.2, 0.25) is 5.91 Å². The molecule has 5 nitrogen and oxygen atoms in total. The van der Waals surface area contributed by atoms with Gasteiger partial charge in [0, 0.05) is 33.1 Å². The van der Waals surface area contributed by atoms with Gasteiger partial charge in [-0.25, -0.2) is 0 Å². The first kappa shape index (κ1) is 15.3. The molecule has 2 aromatic carbocycles. The number of amides is 2. The van der Waals surface area contributed by atoms with Crippen LogP contribution in [0.15, 0.2) is 36.4 Å². The van der Waals surface area contributed by atoms with Crippen LogP contribution >= 0.6 is 0 Å². The Balaban J connectivity index is 1.87. The molecule has 1 fully saturated rings. The minimum atomic E-state index is -0.0456. The molecule has 5 heteroatoms. The lowest BCUT2D eigenvalue weighted by molar-refractivity contribution is -0.130. The number of hydrogen-bond acceptors (Lipinski definition) is 3. The van der Waals surface area contributed by atoms with Crippen molar-refractivity contribution in [2.45, 2.75) is 6.92 Å². The third-order valence-corrected chi connectivity index (χ3v) is 4.31. The molecule has 3 rings (SSSR count). The zero-order valence-electron chi connectivity index (χ0n) is 13.4. The van der Waals surface area contributed by atoms with Gasteiger partial charge in [-0.15, -0.1) is 0 Å².